The van der Waals surface area contributed by atoms with E-state index < -0.39 is 10.0 Å². The van der Waals surface area contributed by atoms with E-state index in [1.54, 1.807) is 18.9 Å². The fourth-order valence-corrected chi connectivity index (χ4v) is 2.71. The summed E-state index contributed by atoms with van der Waals surface area (Å²) >= 11 is 0. The van der Waals surface area contributed by atoms with E-state index in [2.05, 4.69) is 19.9 Å². The van der Waals surface area contributed by atoms with E-state index in [0.29, 0.717) is 52.3 Å². The van der Waals surface area contributed by atoms with Crippen LogP contribution in [0.2, 0.25) is 0 Å². The summed E-state index contributed by atoms with van der Waals surface area (Å²) in [4.78, 5) is 19.6. The number of halogens is 1. The summed E-state index contributed by atoms with van der Waals surface area (Å²) in [5.74, 6) is 0.757. The molecule has 1 aliphatic heterocycles. The van der Waals surface area contributed by atoms with Crippen molar-refractivity contribution in [2.24, 2.45) is 4.99 Å². The lowest BCUT2D eigenvalue weighted by Crippen LogP contribution is -2.54. The molecule has 1 fully saturated rings. The third-order valence-electron chi connectivity index (χ3n) is 3.32. The Hall–Kier alpha value is -0.820. The van der Waals surface area contributed by atoms with Crippen molar-refractivity contribution < 1.29 is 17.9 Å². The Balaban J connectivity index is 0.00000529. The summed E-state index contributed by atoms with van der Waals surface area (Å²) in [5.41, 5.74) is 0. The molecule has 1 heterocycles. The number of rotatable bonds is 6. The minimum absolute atomic E-state index is 0. The number of guanidine groups is 1. The van der Waals surface area contributed by atoms with Crippen molar-refractivity contribution >= 4 is 46.1 Å². The molecule has 0 aromatic carbocycles. The van der Waals surface area contributed by atoms with Crippen molar-refractivity contribution in [3.05, 3.63) is 0 Å². The van der Waals surface area contributed by atoms with Gasteiger partial charge in [-0.3, -0.25) is 4.99 Å². The molecule has 1 rings (SSSR count). The number of nitrogens with one attached hydrogen (secondary N) is 2. The van der Waals surface area contributed by atoms with E-state index in [-0.39, 0.29) is 30.1 Å². The number of piperazine rings is 1. The average Bonchev–Trinajstić information content (AvgIpc) is 2.50. The van der Waals surface area contributed by atoms with Crippen molar-refractivity contribution in [3.8, 4) is 0 Å². The molecule has 142 valence electrons. The molecule has 0 aromatic rings. The first-order valence-corrected chi connectivity index (χ1v) is 9.58. The highest BCUT2D eigenvalue weighted by molar-refractivity contribution is 14.0. The molecule has 2 N–H and O–H groups in total. The SMILES string of the molecule is CCOC(=O)N1CCN(C(=NC)NCCCNS(C)(=O)=O)CC1.I. The normalized spacial score (nSPS) is 15.7. The van der Waals surface area contributed by atoms with Gasteiger partial charge in [-0.2, -0.15) is 0 Å². The average molecular weight is 477 g/mol. The first-order valence-electron chi connectivity index (χ1n) is 7.69. The van der Waals surface area contributed by atoms with Crippen LogP contribution >= 0.6 is 24.0 Å². The van der Waals surface area contributed by atoms with E-state index in [1.165, 1.54) is 0 Å². The van der Waals surface area contributed by atoms with Crippen LogP contribution < -0.4 is 10.0 Å². The molecule has 1 saturated heterocycles. The number of carbonyl (C=O) groups excluding carboxylic acids is 1. The number of hydrogen-bond donors (Lipinski definition) is 2. The van der Waals surface area contributed by atoms with Crippen LogP contribution in [0.15, 0.2) is 4.99 Å². The third kappa shape index (κ3) is 8.87. The highest BCUT2D eigenvalue weighted by atomic mass is 127. The molecule has 0 atom stereocenters. The highest BCUT2D eigenvalue weighted by Crippen LogP contribution is 2.04. The van der Waals surface area contributed by atoms with Gasteiger partial charge < -0.3 is 19.9 Å². The molecule has 0 spiro atoms. The van der Waals surface area contributed by atoms with Gasteiger partial charge in [-0.15, -0.1) is 24.0 Å². The molecule has 1 amide bonds. The molecule has 0 saturated carbocycles. The molecular formula is C13H28IN5O4S. The van der Waals surface area contributed by atoms with Gasteiger partial charge in [0.05, 0.1) is 12.9 Å². The van der Waals surface area contributed by atoms with Gasteiger partial charge in [0.1, 0.15) is 0 Å². The van der Waals surface area contributed by atoms with E-state index in [1.807, 2.05) is 0 Å². The van der Waals surface area contributed by atoms with Gasteiger partial charge in [-0.25, -0.2) is 17.9 Å². The molecule has 0 aromatic heterocycles. The van der Waals surface area contributed by atoms with Gasteiger partial charge in [0.2, 0.25) is 10.0 Å². The van der Waals surface area contributed by atoms with Crippen LogP contribution in [0.3, 0.4) is 0 Å². The van der Waals surface area contributed by atoms with Gasteiger partial charge in [0.15, 0.2) is 5.96 Å². The summed E-state index contributed by atoms with van der Waals surface area (Å²) in [7, 11) is -1.43. The van der Waals surface area contributed by atoms with Crippen molar-refractivity contribution in [2.75, 3.05) is 59.2 Å². The summed E-state index contributed by atoms with van der Waals surface area (Å²) in [6.07, 6.45) is 1.53. The van der Waals surface area contributed by atoms with Gasteiger partial charge in [0.25, 0.3) is 0 Å². The summed E-state index contributed by atoms with van der Waals surface area (Å²) in [6.45, 7) is 5.72. The number of aliphatic imine (C=N–C) groups is 1. The molecule has 0 bridgehead atoms. The Labute approximate surface area is 161 Å². The molecule has 0 unspecified atom stereocenters. The van der Waals surface area contributed by atoms with Crippen molar-refractivity contribution in [1.29, 1.82) is 0 Å². The first kappa shape index (κ1) is 23.2. The maximum Gasteiger partial charge on any atom is 0.409 e. The fraction of sp³-hybridized carbons (Fsp3) is 0.846. The largest absolute Gasteiger partial charge is 0.450 e. The Kier molecular flexibility index (Phi) is 11.3. The number of nitrogens with zero attached hydrogens (tertiary/aromatic N) is 3. The number of ether oxygens (including phenoxy) is 1. The molecule has 0 radical (unpaired) electrons. The summed E-state index contributed by atoms with van der Waals surface area (Å²) in [5, 5.41) is 3.20. The Morgan fingerprint density at radius 3 is 2.25 bits per heavy atom. The van der Waals surface area contributed by atoms with Crippen LogP contribution in [-0.4, -0.2) is 89.4 Å². The lowest BCUT2D eigenvalue weighted by molar-refractivity contribution is 0.0914. The lowest BCUT2D eigenvalue weighted by atomic mass is 10.3. The zero-order valence-corrected chi connectivity index (χ0v) is 17.6. The van der Waals surface area contributed by atoms with Gasteiger partial charge in [0, 0.05) is 46.3 Å². The standard InChI is InChI=1S/C13H27N5O4S.HI/c1-4-22-13(19)18-10-8-17(9-11-18)12(14-2)15-6-5-7-16-23(3,20)21;/h16H,4-11H2,1-3H3,(H,14,15);1H. The summed E-state index contributed by atoms with van der Waals surface area (Å²) in [6, 6.07) is 0. The van der Waals surface area contributed by atoms with Gasteiger partial charge in [-0.05, 0) is 13.3 Å². The van der Waals surface area contributed by atoms with Crippen LogP contribution in [-0.2, 0) is 14.8 Å². The quantitative estimate of drug-likeness (QED) is 0.240. The zero-order chi connectivity index (χ0) is 17.3. The predicted molar refractivity (Wildman–Crippen MR) is 104 cm³/mol. The zero-order valence-electron chi connectivity index (χ0n) is 14.4. The first-order chi connectivity index (χ1) is 10.9. The number of amides is 1. The second kappa shape index (κ2) is 11.7. The summed E-state index contributed by atoms with van der Waals surface area (Å²) < 4.78 is 29.3. The number of sulfonamides is 1. The molecule has 11 heteroatoms. The lowest BCUT2D eigenvalue weighted by Gasteiger charge is -2.35. The highest BCUT2D eigenvalue weighted by Gasteiger charge is 2.23. The second-order valence-corrected chi connectivity index (χ2v) is 7.00. The van der Waals surface area contributed by atoms with Gasteiger partial charge in [-0.1, -0.05) is 0 Å². The van der Waals surface area contributed by atoms with Crippen LogP contribution in [0.1, 0.15) is 13.3 Å². The maximum atomic E-state index is 11.7. The van der Waals surface area contributed by atoms with Crippen LogP contribution in [0.5, 0.6) is 0 Å². The number of carbonyl (C=O) groups is 1. The van der Waals surface area contributed by atoms with E-state index >= 15 is 0 Å². The van der Waals surface area contributed by atoms with Crippen LogP contribution in [0.25, 0.3) is 0 Å². The fourth-order valence-electron chi connectivity index (χ4n) is 2.19. The monoisotopic (exact) mass is 477 g/mol. The minimum atomic E-state index is -3.14. The van der Waals surface area contributed by atoms with Crippen molar-refractivity contribution in [2.45, 2.75) is 13.3 Å². The van der Waals surface area contributed by atoms with Crippen molar-refractivity contribution in [1.82, 2.24) is 19.8 Å². The molecular weight excluding hydrogens is 449 g/mol. The second-order valence-electron chi connectivity index (χ2n) is 5.17. The predicted octanol–water partition coefficient (Wildman–Crippen LogP) is -0.107. The van der Waals surface area contributed by atoms with Crippen molar-refractivity contribution in [3.63, 3.8) is 0 Å². The molecule has 24 heavy (non-hydrogen) atoms. The number of hydrogen-bond acceptors (Lipinski definition) is 5. The van der Waals surface area contributed by atoms with Gasteiger partial charge >= 0.3 is 6.09 Å². The van der Waals surface area contributed by atoms with E-state index in [9.17, 15) is 13.2 Å². The maximum absolute atomic E-state index is 11.7. The topological polar surface area (TPSA) is 103 Å². The molecule has 1 aliphatic rings. The molecule has 9 nitrogen and oxygen atoms in total. The Morgan fingerprint density at radius 1 is 1.17 bits per heavy atom. The van der Waals surface area contributed by atoms with Crippen LogP contribution in [0.4, 0.5) is 4.79 Å². The Bertz CT molecular complexity index is 506. The van der Waals surface area contributed by atoms with Crippen LogP contribution in [0, 0.1) is 0 Å². The third-order valence-corrected chi connectivity index (χ3v) is 4.05. The Morgan fingerprint density at radius 2 is 1.75 bits per heavy atom. The smallest absolute Gasteiger partial charge is 0.409 e. The van der Waals surface area contributed by atoms with E-state index in [4.69, 9.17) is 4.74 Å². The molecule has 0 aliphatic carbocycles. The van der Waals surface area contributed by atoms with E-state index in [0.717, 1.165) is 12.2 Å². The minimum Gasteiger partial charge on any atom is -0.450 e.